The van der Waals surface area contributed by atoms with E-state index in [1.165, 1.54) is 12.3 Å². The zero-order valence-corrected chi connectivity index (χ0v) is 8.51. The van der Waals surface area contributed by atoms with E-state index in [-0.39, 0.29) is 17.1 Å². The molecule has 1 aliphatic rings. The summed E-state index contributed by atoms with van der Waals surface area (Å²) in [5, 5.41) is 9.00. The molecule has 0 aliphatic carbocycles. The molecule has 1 aromatic heterocycles. The van der Waals surface area contributed by atoms with Crippen LogP contribution in [0.4, 0.5) is 4.39 Å². The number of carbonyl (C=O) groups is 1. The summed E-state index contributed by atoms with van der Waals surface area (Å²) >= 11 is 0. The Bertz CT molecular complexity index is 602. The van der Waals surface area contributed by atoms with Crippen LogP contribution in [0.5, 0.6) is 5.75 Å². The van der Waals surface area contributed by atoms with E-state index in [4.69, 9.17) is 14.3 Å². The van der Waals surface area contributed by atoms with Gasteiger partial charge in [0.2, 0.25) is 0 Å². The monoisotopic (exact) mass is 234 g/mol. The minimum atomic E-state index is -1.77. The second-order valence-corrected chi connectivity index (χ2v) is 3.62. The van der Waals surface area contributed by atoms with Gasteiger partial charge in [0.15, 0.2) is 5.76 Å². The molecule has 1 aliphatic heterocycles. The van der Waals surface area contributed by atoms with Gasteiger partial charge < -0.3 is 14.3 Å². The van der Waals surface area contributed by atoms with Crippen LogP contribution < -0.4 is 4.74 Å². The second kappa shape index (κ2) is 3.35. The number of hydrogen-bond donors (Lipinski definition) is 1. The highest BCUT2D eigenvalue weighted by Gasteiger charge is 2.31. The van der Waals surface area contributed by atoms with Gasteiger partial charge in [-0.15, -0.1) is 0 Å². The molecule has 2 heterocycles. The highest BCUT2D eigenvalue weighted by molar-refractivity contribution is 5.95. The first-order chi connectivity index (χ1) is 8.18. The van der Waals surface area contributed by atoms with Crippen molar-refractivity contribution < 1.29 is 23.4 Å². The summed E-state index contributed by atoms with van der Waals surface area (Å²) < 4.78 is 23.6. The molecule has 0 radical (unpaired) electrons. The molecule has 0 fully saturated rings. The minimum absolute atomic E-state index is 0.0430. The molecule has 0 saturated carbocycles. The topological polar surface area (TPSA) is 59.7 Å². The van der Waals surface area contributed by atoms with Gasteiger partial charge in [-0.3, -0.25) is 0 Å². The molecule has 5 heteroatoms. The number of alkyl halides is 1. The van der Waals surface area contributed by atoms with Crippen molar-refractivity contribution in [1.82, 2.24) is 0 Å². The van der Waals surface area contributed by atoms with E-state index >= 15 is 0 Å². The first-order valence-electron chi connectivity index (χ1n) is 4.93. The van der Waals surface area contributed by atoms with Crippen LogP contribution in [0.1, 0.15) is 22.5 Å². The summed E-state index contributed by atoms with van der Waals surface area (Å²) in [7, 11) is 0. The van der Waals surface area contributed by atoms with Crippen molar-refractivity contribution in [2.24, 2.45) is 0 Å². The van der Waals surface area contributed by atoms with E-state index < -0.39 is 12.3 Å². The van der Waals surface area contributed by atoms with Crippen LogP contribution in [-0.2, 0) is 0 Å². The number of hydrogen-bond acceptors (Lipinski definition) is 3. The van der Waals surface area contributed by atoms with Gasteiger partial charge in [0.25, 0.3) is 6.36 Å². The van der Waals surface area contributed by atoms with Crippen LogP contribution in [0.2, 0.25) is 0 Å². The lowest BCUT2D eigenvalue weighted by Crippen LogP contribution is -2.11. The lowest BCUT2D eigenvalue weighted by atomic mass is 9.99. The molecule has 0 spiro atoms. The molecule has 0 saturated heterocycles. The van der Waals surface area contributed by atoms with Gasteiger partial charge in [-0.1, -0.05) is 12.1 Å². The maximum atomic E-state index is 13.6. The minimum Gasteiger partial charge on any atom is -0.478 e. The van der Waals surface area contributed by atoms with Gasteiger partial charge in [0.05, 0.1) is 6.26 Å². The second-order valence-electron chi connectivity index (χ2n) is 3.62. The van der Waals surface area contributed by atoms with Gasteiger partial charge >= 0.3 is 5.97 Å². The highest BCUT2D eigenvalue weighted by Crippen LogP contribution is 2.45. The lowest BCUT2D eigenvalue weighted by Gasteiger charge is -2.21. The molecule has 0 bridgehead atoms. The molecule has 2 aromatic rings. The predicted molar refractivity (Wildman–Crippen MR) is 55.6 cm³/mol. The fourth-order valence-electron chi connectivity index (χ4n) is 1.92. The smallest absolute Gasteiger partial charge is 0.339 e. The maximum Gasteiger partial charge on any atom is 0.339 e. The van der Waals surface area contributed by atoms with Crippen molar-refractivity contribution in [2.75, 3.05) is 0 Å². The molecule has 1 unspecified atom stereocenters. The third-order valence-electron chi connectivity index (χ3n) is 2.66. The Balaban J connectivity index is 2.29. The van der Waals surface area contributed by atoms with Crippen molar-refractivity contribution in [3.8, 4) is 16.9 Å². The van der Waals surface area contributed by atoms with Crippen molar-refractivity contribution in [3.63, 3.8) is 0 Å². The normalized spacial score (nSPS) is 16.9. The van der Waals surface area contributed by atoms with E-state index in [1.807, 2.05) is 0 Å². The Morgan fingerprint density at radius 1 is 1.29 bits per heavy atom. The number of furan rings is 1. The number of fused-ring (bicyclic) bond motifs is 3. The van der Waals surface area contributed by atoms with Crippen molar-refractivity contribution in [3.05, 3.63) is 41.9 Å². The summed E-state index contributed by atoms with van der Waals surface area (Å²) in [4.78, 5) is 11.0. The number of para-hydroxylation sites is 1. The quantitative estimate of drug-likeness (QED) is 0.823. The summed E-state index contributed by atoms with van der Waals surface area (Å²) in [6.45, 7) is 0. The van der Waals surface area contributed by atoms with Crippen LogP contribution in [0.3, 0.4) is 0 Å². The van der Waals surface area contributed by atoms with E-state index in [2.05, 4.69) is 0 Å². The molecule has 3 rings (SSSR count). The van der Waals surface area contributed by atoms with Crippen LogP contribution in [-0.4, -0.2) is 11.1 Å². The zero-order chi connectivity index (χ0) is 12.0. The molecule has 17 heavy (non-hydrogen) atoms. The van der Waals surface area contributed by atoms with Gasteiger partial charge in [0, 0.05) is 11.1 Å². The van der Waals surface area contributed by atoms with Gasteiger partial charge in [-0.2, -0.15) is 4.39 Å². The summed E-state index contributed by atoms with van der Waals surface area (Å²) in [5.74, 6) is -1.04. The van der Waals surface area contributed by atoms with E-state index in [9.17, 15) is 9.18 Å². The largest absolute Gasteiger partial charge is 0.478 e. The number of benzene rings is 1. The average molecular weight is 234 g/mol. The Morgan fingerprint density at radius 3 is 2.88 bits per heavy atom. The Hall–Kier alpha value is -2.30. The number of ether oxygens (including phenoxy) is 1. The van der Waals surface area contributed by atoms with Crippen molar-refractivity contribution in [1.29, 1.82) is 0 Å². The standard InChI is InChI=1S/C12H7FO4/c13-11-10-7(4-5-16-10)6-2-1-3-8(12(14)15)9(6)17-11/h1-5,11H,(H,14,15). The molecule has 0 amide bonds. The molecular weight excluding hydrogens is 227 g/mol. The van der Waals surface area contributed by atoms with Crippen molar-refractivity contribution >= 4 is 5.97 Å². The Labute approximate surface area is 95.2 Å². The first-order valence-corrected chi connectivity index (χ1v) is 4.93. The number of aromatic carboxylic acids is 1. The third kappa shape index (κ3) is 1.32. The van der Waals surface area contributed by atoms with Gasteiger partial charge in [-0.05, 0) is 12.1 Å². The average Bonchev–Trinajstić information content (AvgIpc) is 2.78. The molecule has 1 aromatic carbocycles. The number of carboxylic acids is 1. The SMILES string of the molecule is O=C(O)c1cccc2c1OC(F)c1occc1-2. The first kappa shape index (κ1) is 9.89. The van der Waals surface area contributed by atoms with Crippen LogP contribution in [0.15, 0.2) is 34.9 Å². The fourth-order valence-corrected chi connectivity index (χ4v) is 1.92. The highest BCUT2D eigenvalue weighted by atomic mass is 19.1. The zero-order valence-electron chi connectivity index (χ0n) is 8.51. The Morgan fingerprint density at radius 2 is 2.12 bits per heavy atom. The third-order valence-corrected chi connectivity index (χ3v) is 2.66. The van der Waals surface area contributed by atoms with Gasteiger partial charge in [0.1, 0.15) is 11.3 Å². The van der Waals surface area contributed by atoms with Crippen molar-refractivity contribution in [2.45, 2.75) is 6.36 Å². The number of halogens is 1. The summed E-state index contributed by atoms with van der Waals surface area (Å²) in [6.07, 6.45) is -0.420. The lowest BCUT2D eigenvalue weighted by molar-refractivity contribution is 0.0407. The molecular formula is C12H7FO4. The van der Waals surface area contributed by atoms with Crippen LogP contribution in [0.25, 0.3) is 11.1 Å². The number of rotatable bonds is 1. The van der Waals surface area contributed by atoms with E-state index in [1.54, 1.807) is 18.2 Å². The molecule has 1 N–H and O–H groups in total. The van der Waals surface area contributed by atoms with Crippen LogP contribution >= 0.6 is 0 Å². The van der Waals surface area contributed by atoms with E-state index in [0.717, 1.165) is 0 Å². The number of carboxylic acid groups (broad SMARTS) is 1. The summed E-state index contributed by atoms with van der Waals surface area (Å²) in [6, 6.07) is 6.22. The predicted octanol–water partition coefficient (Wildman–Crippen LogP) is 3.01. The van der Waals surface area contributed by atoms with E-state index in [0.29, 0.717) is 11.1 Å². The molecule has 4 nitrogen and oxygen atoms in total. The fraction of sp³-hybridized carbons (Fsp3) is 0.0833. The summed E-state index contributed by atoms with van der Waals surface area (Å²) in [5.41, 5.74) is 1.00. The van der Waals surface area contributed by atoms with Gasteiger partial charge in [-0.25, -0.2) is 4.79 Å². The van der Waals surface area contributed by atoms with Crippen LogP contribution in [0, 0.1) is 0 Å². The molecule has 1 atom stereocenters. The maximum absolute atomic E-state index is 13.6. The Kier molecular flexibility index (Phi) is 1.95. The molecule has 86 valence electrons.